The van der Waals surface area contributed by atoms with Crippen LogP contribution in [0.3, 0.4) is 0 Å². The molecule has 0 fully saturated rings. The Morgan fingerprint density at radius 2 is 2.33 bits per heavy atom. The molecule has 0 aliphatic carbocycles. The van der Waals surface area contributed by atoms with Crippen LogP contribution in [0.2, 0.25) is 0 Å². The standard InChI is InChI=1S/C9H12INO/c1-2-3-6-11-7-4-5-8(10)9(11)12/h4-5,7H,2-3,6H2,1H3. The highest BCUT2D eigenvalue weighted by Crippen LogP contribution is 1.97. The van der Waals surface area contributed by atoms with E-state index in [0.717, 1.165) is 23.0 Å². The Hall–Kier alpha value is -0.320. The molecule has 1 rings (SSSR count). The molecule has 3 heteroatoms. The summed E-state index contributed by atoms with van der Waals surface area (Å²) < 4.78 is 2.57. The second kappa shape index (κ2) is 4.64. The molecule has 2 nitrogen and oxygen atoms in total. The van der Waals surface area contributed by atoms with Gasteiger partial charge in [-0.15, -0.1) is 0 Å². The van der Waals surface area contributed by atoms with Gasteiger partial charge in [-0.2, -0.15) is 0 Å². The minimum Gasteiger partial charge on any atom is -0.315 e. The van der Waals surface area contributed by atoms with Crippen molar-refractivity contribution >= 4 is 22.6 Å². The first-order valence-electron chi connectivity index (χ1n) is 4.10. The van der Waals surface area contributed by atoms with Gasteiger partial charge in [0.2, 0.25) is 0 Å². The molecule has 0 bridgehead atoms. The van der Waals surface area contributed by atoms with Crippen LogP contribution in [0.5, 0.6) is 0 Å². The normalized spacial score (nSPS) is 10.2. The highest BCUT2D eigenvalue weighted by atomic mass is 127. The average molecular weight is 277 g/mol. The first-order chi connectivity index (χ1) is 5.75. The first-order valence-corrected chi connectivity index (χ1v) is 5.18. The SMILES string of the molecule is CCCCn1cccc(I)c1=O. The fraction of sp³-hybridized carbons (Fsp3) is 0.444. The number of nitrogens with zero attached hydrogens (tertiary/aromatic N) is 1. The van der Waals surface area contributed by atoms with Gasteiger partial charge in [-0.25, -0.2) is 0 Å². The minimum atomic E-state index is 0.131. The van der Waals surface area contributed by atoms with Crippen molar-refractivity contribution in [2.24, 2.45) is 0 Å². The molecule has 1 aromatic rings. The Balaban J connectivity index is 2.85. The average Bonchev–Trinajstić information content (AvgIpc) is 2.08. The van der Waals surface area contributed by atoms with Crippen molar-refractivity contribution in [3.8, 4) is 0 Å². The summed E-state index contributed by atoms with van der Waals surface area (Å²) in [5.41, 5.74) is 0.131. The summed E-state index contributed by atoms with van der Waals surface area (Å²) in [6, 6.07) is 3.75. The van der Waals surface area contributed by atoms with Crippen LogP contribution in [0.15, 0.2) is 23.1 Å². The van der Waals surface area contributed by atoms with E-state index in [2.05, 4.69) is 29.5 Å². The van der Waals surface area contributed by atoms with Crippen molar-refractivity contribution in [1.82, 2.24) is 4.57 Å². The monoisotopic (exact) mass is 277 g/mol. The van der Waals surface area contributed by atoms with Gasteiger partial charge in [-0.05, 0) is 41.1 Å². The number of hydrogen-bond acceptors (Lipinski definition) is 1. The predicted molar refractivity (Wildman–Crippen MR) is 58.3 cm³/mol. The number of unbranched alkanes of at least 4 members (excludes halogenated alkanes) is 1. The van der Waals surface area contributed by atoms with Gasteiger partial charge in [0.05, 0.1) is 3.57 Å². The van der Waals surface area contributed by atoms with Gasteiger partial charge in [0.15, 0.2) is 0 Å². The van der Waals surface area contributed by atoms with Gasteiger partial charge in [0.1, 0.15) is 0 Å². The topological polar surface area (TPSA) is 22.0 Å². The summed E-state index contributed by atoms with van der Waals surface area (Å²) in [5.74, 6) is 0. The van der Waals surface area contributed by atoms with Crippen LogP contribution in [0.4, 0.5) is 0 Å². The molecule has 0 aromatic carbocycles. The molecule has 0 saturated heterocycles. The van der Waals surface area contributed by atoms with Crippen molar-refractivity contribution < 1.29 is 0 Å². The third-order valence-electron chi connectivity index (χ3n) is 1.73. The third-order valence-corrected chi connectivity index (χ3v) is 2.55. The van der Waals surface area contributed by atoms with Gasteiger partial charge in [0.25, 0.3) is 5.56 Å². The van der Waals surface area contributed by atoms with Gasteiger partial charge in [-0.1, -0.05) is 13.3 Å². The Kier molecular flexibility index (Phi) is 3.78. The zero-order valence-electron chi connectivity index (χ0n) is 7.09. The van der Waals surface area contributed by atoms with Gasteiger partial charge < -0.3 is 4.57 Å². The van der Waals surface area contributed by atoms with Crippen LogP contribution in [-0.4, -0.2) is 4.57 Å². The number of halogens is 1. The second-order valence-corrected chi connectivity index (χ2v) is 3.87. The zero-order chi connectivity index (χ0) is 8.97. The third kappa shape index (κ3) is 2.33. The van der Waals surface area contributed by atoms with Crippen molar-refractivity contribution in [3.05, 3.63) is 32.3 Å². The smallest absolute Gasteiger partial charge is 0.263 e. The Labute approximate surface area is 85.7 Å². The Bertz CT molecular complexity index is 306. The van der Waals surface area contributed by atoms with Gasteiger partial charge in [-0.3, -0.25) is 4.79 Å². The number of aromatic nitrogens is 1. The van der Waals surface area contributed by atoms with Crippen LogP contribution in [0, 0.1) is 3.57 Å². The lowest BCUT2D eigenvalue weighted by molar-refractivity contribution is 0.611. The van der Waals surface area contributed by atoms with E-state index in [4.69, 9.17) is 0 Å². The molecule has 0 aliphatic rings. The first kappa shape index (κ1) is 9.77. The Morgan fingerprint density at radius 1 is 1.58 bits per heavy atom. The molecule has 0 spiro atoms. The van der Waals surface area contributed by atoms with Crippen molar-refractivity contribution in [3.63, 3.8) is 0 Å². The van der Waals surface area contributed by atoms with E-state index < -0.39 is 0 Å². The van der Waals surface area contributed by atoms with Crippen molar-refractivity contribution in [2.75, 3.05) is 0 Å². The molecule has 0 radical (unpaired) electrons. The summed E-state index contributed by atoms with van der Waals surface area (Å²) in [6.45, 7) is 2.96. The van der Waals surface area contributed by atoms with E-state index in [9.17, 15) is 4.79 Å². The maximum atomic E-state index is 11.4. The summed E-state index contributed by atoms with van der Waals surface area (Å²) in [4.78, 5) is 11.4. The minimum absolute atomic E-state index is 0.131. The van der Waals surface area contributed by atoms with E-state index in [0.29, 0.717) is 0 Å². The van der Waals surface area contributed by atoms with Crippen LogP contribution >= 0.6 is 22.6 Å². The number of rotatable bonds is 3. The molecule has 0 N–H and O–H groups in total. The van der Waals surface area contributed by atoms with Crippen LogP contribution < -0.4 is 5.56 Å². The van der Waals surface area contributed by atoms with E-state index >= 15 is 0 Å². The maximum absolute atomic E-state index is 11.4. The molecule has 1 heterocycles. The number of aryl methyl sites for hydroxylation is 1. The van der Waals surface area contributed by atoms with E-state index in [1.54, 1.807) is 4.57 Å². The quantitative estimate of drug-likeness (QED) is 0.777. The lowest BCUT2D eigenvalue weighted by atomic mass is 10.3. The summed E-state index contributed by atoms with van der Waals surface area (Å²) in [6.07, 6.45) is 4.04. The second-order valence-electron chi connectivity index (χ2n) is 2.71. The van der Waals surface area contributed by atoms with Crippen LogP contribution in [0.25, 0.3) is 0 Å². The molecule has 66 valence electrons. The largest absolute Gasteiger partial charge is 0.315 e. The fourth-order valence-corrected chi connectivity index (χ4v) is 1.53. The Morgan fingerprint density at radius 3 is 3.00 bits per heavy atom. The lowest BCUT2D eigenvalue weighted by Crippen LogP contribution is -2.21. The molecular formula is C9H12INO. The molecule has 0 atom stereocenters. The van der Waals surface area contributed by atoms with Crippen molar-refractivity contribution in [2.45, 2.75) is 26.3 Å². The lowest BCUT2D eigenvalue weighted by Gasteiger charge is -2.03. The fourth-order valence-electron chi connectivity index (χ4n) is 1.01. The van der Waals surface area contributed by atoms with Crippen LogP contribution in [-0.2, 0) is 6.54 Å². The van der Waals surface area contributed by atoms with Gasteiger partial charge in [0, 0.05) is 12.7 Å². The summed E-state index contributed by atoms with van der Waals surface area (Å²) >= 11 is 2.07. The molecule has 0 saturated carbocycles. The van der Waals surface area contributed by atoms with Crippen LogP contribution in [0.1, 0.15) is 19.8 Å². The maximum Gasteiger partial charge on any atom is 0.263 e. The molecule has 0 amide bonds. The zero-order valence-corrected chi connectivity index (χ0v) is 9.24. The highest BCUT2D eigenvalue weighted by molar-refractivity contribution is 14.1. The molecule has 12 heavy (non-hydrogen) atoms. The van der Waals surface area contributed by atoms with E-state index in [1.807, 2.05) is 18.3 Å². The van der Waals surface area contributed by atoms with Gasteiger partial charge >= 0.3 is 0 Å². The summed E-state index contributed by atoms with van der Waals surface area (Å²) in [5, 5.41) is 0. The highest BCUT2D eigenvalue weighted by Gasteiger charge is 1.97. The van der Waals surface area contributed by atoms with Crippen molar-refractivity contribution in [1.29, 1.82) is 0 Å². The van der Waals surface area contributed by atoms with E-state index in [1.165, 1.54) is 0 Å². The molecular weight excluding hydrogens is 265 g/mol. The van der Waals surface area contributed by atoms with E-state index in [-0.39, 0.29) is 5.56 Å². The predicted octanol–water partition coefficient (Wildman–Crippen LogP) is 2.25. The molecule has 1 aromatic heterocycles. The number of hydrogen-bond donors (Lipinski definition) is 0. The molecule has 0 unspecified atom stereocenters. The number of pyridine rings is 1. The molecule has 0 aliphatic heterocycles. The summed E-state index contributed by atoms with van der Waals surface area (Å²) in [7, 11) is 0.